The van der Waals surface area contributed by atoms with Gasteiger partial charge in [0.15, 0.2) is 0 Å². The van der Waals surface area contributed by atoms with Crippen molar-refractivity contribution in [3.63, 3.8) is 0 Å². The Morgan fingerprint density at radius 1 is 1.50 bits per heavy atom. The van der Waals surface area contributed by atoms with Crippen LogP contribution in [-0.2, 0) is 4.57 Å². The molecule has 1 heterocycles. The quantitative estimate of drug-likeness (QED) is 0.506. The lowest BCUT2D eigenvalue weighted by Crippen LogP contribution is -2.03. The van der Waals surface area contributed by atoms with Gasteiger partial charge in [-0.2, -0.15) is 0 Å². The topological polar surface area (TPSA) is 73.3 Å². The van der Waals surface area contributed by atoms with E-state index in [9.17, 15) is 4.57 Å². The van der Waals surface area contributed by atoms with Gasteiger partial charge < -0.3 is 14.8 Å². The molecule has 0 aliphatic carbocycles. The smallest absolute Gasteiger partial charge is 0.352 e. The van der Waals surface area contributed by atoms with E-state index in [0.717, 1.165) is 0 Å². The summed E-state index contributed by atoms with van der Waals surface area (Å²) in [4.78, 5) is 19.6. The van der Waals surface area contributed by atoms with E-state index < -0.39 is 7.60 Å². The zero-order valence-electron chi connectivity index (χ0n) is 5.11. The van der Waals surface area contributed by atoms with Crippen LogP contribution in [0.2, 0.25) is 0 Å². The van der Waals surface area contributed by atoms with Gasteiger partial charge in [0.25, 0.3) is 0 Å². The van der Waals surface area contributed by atoms with Crippen molar-refractivity contribution in [1.82, 2.24) is 4.98 Å². The van der Waals surface area contributed by atoms with Gasteiger partial charge in [-0.15, -0.1) is 0 Å². The molecule has 0 aliphatic heterocycles. The summed E-state index contributed by atoms with van der Waals surface area (Å²) in [5.74, 6) is 0. The fraction of sp³-hybridized carbons (Fsp3) is 0. The van der Waals surface area contributed by atoms with Gasteiger partial charge in [-0.05, 0) is 19.1 Å². The van der Waals surface area contributed by atoms with Crippen LogP contribution in [0, 0.1) is 6.92 Å². The van der Waals surface area contributed by atoms with E-state index in [1.54, 1.807) is 0 Å². The fourth-order valence-corrected chi connectivity index (χ4v) is 1.16. The average Bonchev–Trinajstić information content (AvgIpc) is 2.11. The third-order valence-corrected chi connectivity index (χ3v) is 1.93. The van der Waals surface area contributed by atoms with Crippen LogP contribution < -0.4 is 5.44 Å². The maximum absolute atomic E-state index is 10.5. The molecule has 10 heavy (non-hydrogen) atoms. The monoisotopic (exact) mass is 160 g/mol. The number of rotatable bonds is 1. The van der Waals surface area contributed by atoms with E-state index in [4.69, 9.17) is 9.79 Å². The summed E-state index contributed by atoms with van der Waals surface area (Å²) in [5.41, 5.74) is 0.413. The summed E-state index contributed by atoms with van der Waals surface area (Å²) in [6.07, 6.45) is 0. The maximum Gasteiger partial charge on any atom is 0.372 e. The Kier molecular flexibility index (Phi) is 1.68. The van der Waals surface area contributed by atoms with Gasteiger partial charge >= 0.3 is 7.60 Å². The van der Waals surface area contributed by atoms with E-state index >= 15 is 0 Å². The van der Waals surface area contributed by atoms with Crippen LogP contribution in [0.3, 0.4) is 0 Å². The van der Waals surface area contributed by atoms with Gasteiger partial charge in [-0.25, -0.2) is 0 Å². The van der Waals surface area contributed by atoms with Crippen LogP contribution in [0.1, 0.15) is 5.69 Å². The molecule has 0 bridgehead atoms. The first-order valence-corrected chi connectivity index (χ1v) is 4.18. The van der Waals surface area contributed by atoms with Crippen LogP contribution >= 0.6 is 7.60 Å². The van der Waals surface area contributed by atoms with Crippen molar-refractivity contribution in [1.29, 1.82) is 0 Å². The molecule has 0 unspecified atom stereocenters. The highest BCUT2D eigenvalue weighted by atomic mass is 31.2. The minimum Gasteiger partial charge on any atom is -0.352 e. The molecule has 0 atom stereocenters. The van der Waals surface area contributed by atoms with Crippen LogP contribution in [0.5, 0.6) is 0 Å². The molecule has 1 aromatic heterocycles. The number of nitrogens with one attached hydrogen (secondary N) is 1. The first kappa shape index (κ1) is 7.54. The van der Waals surface area contributed by atoms with Crippen LogP contribution in [0.15, 0.2) is 12.1 Å². The highest BCUT2D eigenvalue weighted by molar-refractivity contribution is 7.60. The number of aromatic amines is 1. The predicted molar refractivity (Wildman–Crippen MR) is 36.9 cm³/mol. The number of H-pyrrole nitrogens is 1. The van der Waals surface area contributed by atoms with E-state index in [1.807, 2.05) is 0 Å². The SMILES string of the molecule is [CH2]c1ccc(P(=O)(O)O)[nH]1. The highest BCUT2D eigenvalue weighted by Crippen LogP contribution is 2.31. The molecule has 1 aromatic rings. The van der Waals surface area contributed by atoms with Crippen molar-refractivity contribution < 1.29 is 14.4 Å². The second-order valence-electron chi connectivity index (χ2n) is 1.91. The molecule has 0 aromatic carbocycles. The Balaban J connectivity index is 3.08. The van der Waals surface area contributed by atoms with Gasteiger partial charge in [0.2, 0.25) is 0 Å². The number of hydrogen-bond acceptors (Lipinski definition) is 1. The second-order valence-corrected chi connectivity index (χ2v) is 3.48. The second kappa shape index (κ2) is 2.23. The normalized spacial score (nSPS) is 11.9. The molecule has 0 spiro atoms. The molecule has 55 valence electrons. The van der Waals surface area contributed by atoms with Gasteiger partial charge in [-0.1, -0.05) is 0 Å². The third-order valence-electron chi connectivity index (χ3n) is 1.04. The van der Waals surface area contributed by atoms with Crippen molar-refractivity contribution >= 4 is 13.0 Å². The van der Waals surface area contributed by atoms with E-state index in [-0.39, 0.29) is 5.44 Å². The van der Waals surface area contributed by atoms with E-state index in [1.165, 1.54) is 12.1 Å². The third kappa shape index (κ3) is 1.48. The zero-order valence-corrected chi connectivity index (χ0v) is 6.01. The summed E-state index contributed by atoms with van der Waals surface area (Å²) in [5, 5.41) is 0. The molecule has 0 fully saturated rings. The maximum atomic E-state index is 10.5. The Morgan fingerprint density at radius 2 is 2.10 bits per heavy atom. The van der Waals surface area contributed by atoms with Gasteiger partial charge in [0.1, 0.15) is 5.44 Å². The summed E-state index contributed by atoms with van der Waals surface area (Å²) >= 11 is 0. The molecule has 5 heteroatoms. The zero-order chi connectivity index (χ0) is 7.78. The molecule has 3 N–H and O–H groups in total. The first-order valence-electron chi connectivity index (χ1n) is 2.57. The van der Waals surface area contributed by atoms with E-state index in [0.29, 0.717) is 5.69 Å². The van der Waals surface area contributed by atoms with Crippen LogP contribution in [-0.4, -0.2) is 14.8 Å². The fourth-order valence-electron chi connectivity index (χ4n) is 0.597. The molecule has 1 radical (unpaired) electrons. The van der Waals surface area contributed by atoms with Gasteiger partial charge in [0, 0.05) is 5.69 Å². The summed E-state index contributed by atoms with van der Waals surface area (Å²) in [7, 11) is -4.09. The van der Waals surface area contributed by atoms with Crippen molar-refractivity contribution in [3.8, 4) is 0 Å². The average molecular weight is 160 g/mol. The van der Waals surface area contributed by atoms with Crippen molar-refractivity contribution in [2.45, 2.75) is 0 Å². The Hall–Kier alpha value is -0.570. The predicted octanol–water partition coefficient (Wildman–Crippen LogP) is -0.000110. The lowest BCUT2D eigenvalue weighted by Gasteiger charge is -1.97. The molecule has 4 nitrogen and oxygen atoms in total. The summed E-state index contributed by atoms with van der Waals surface area (Å²) in [6, 6.07) is 2.83. The Bertz CT molecular complexity index is 274. The van der Waals surface area contributed by atoms with Crippen LogP contribution in [0.25, 0.3) is 0 Å². The molecule has 0 aliphatic rings. The molecule has 0 saturated heterocycles. The minimum absolute atomic E-state index is 0.0856. The molecule has 1 rings (SSSR count). The van der Waals surface area contributed by atoms with Crippen molar-refractivity contribution in [2.75, 3.05) is 0 Å². The molecule has 0 saturated carbocycles. The van der Waals surface area contributed by atoms with Gasteiger partial charge in [0.05, 0.1) is 0 Å². The summed E-state index contributed by atoms with van der Waals surface area (Å²) in [6.45, 7) is 3.46. The Labute approximate surface area is 58.1 Å². The Morgan fingerprint density at radius 3 is 2.30 bits per heavy atom. The van der Waals surface area contributed by atoms with E-state index in [2.05, 4.69) is 11.9 Å². The van der Waals surface area contributed by atoms with Crippen LogP contribution in [0.4, 0.5) is 0 Å². The largest absolute Gasteiger partial charge is 0.372 e. The number of hydrogen-bond donors (Lipinski definition) is 3. The molecular weight excluding hydrogens is 153 g/mol. The first-order chi connectivity index (χ1) is 4.50. The highest BCUT2D eigenvalue weighted by Gasteiger charge is 2.17. The van der Waals surface area contributed by atoms with Crippen molar-refractivity contribution in [2.24, 2.45) is 0 Å². The standard InChI is InChI=1S/C5H7NO3P/c1-4-2-3-5(6-4)10(7,8)9/h2-3,6H,1H2,(H2,7,8,9). The van der Waals surface area contributed by atoms with Gasteiger partial charge in [-0.3, -0.25) is 4.57 Å². The lowest BCUT2D eigenvalue weighted by atomic mass is 10.5. The molecular formula is C5H7NO3P. The molecule has 0 amide bonds. The lowest BCUT2D eigenvalue weighted by molar-refractivity contribution is 0.386. The van der Waals surface area contributed by atoms with Crippen molar-refractivity contribution in [3.05, 3.63) is 24.8 Å². The minimum atomic E-state index is -4.09. The number of aromatic nitrogens is 1. The summed E-state index contributed by atoms with van der Waals surface area (Å²) < 4.78 is 10.5.